The van der Waals surface area contributed by atoms with Crippen LogP contribution < -0.4 is 5.32 Å². The van der Waals surface area contributed by atoms with E-state index in [1.165, 1.54) is 24.6 Å². The second-order valence-corrected chi connectivity index (χ2v) is 5.51. The van der Waals surface area contributed by atoms with Crippen LogP contribution in [0, 0.1) is 39.2 Å². The van der Waals surface area contributed by atoms with E-state index in [0.717, 1.165) is 12.8 Å². The molecule has 6 nitrogen and oxygen atoms in total. The van der Waals surface area contributed by atoms with E-state index in [-0.39, 0.29) is 23.1 Å². The van der Waals surface area contributed by atoms with Gasteiger partial charge < -0.3 is 5.32 Å². The fourth-order valence-electron chi connectivity index (χ4n) is 3.01. The maximum Gasteiger partial charge on any atom is 0.270 e. The Hall–Kier alpha value is -2.42. The average Bonchev–Trinajstić information content (AvgIpc) is 3.05. The number of hydrogen-bond acceptors (Lipinski definition) is 4. The molecule has 0 bridgehead atoms. The number of amides is 1. The number of nitrogens with zero attached hydrogens (tertiary/aromatic N) is 2. The lowest BCUT2D eigenvalue weighted by Crippen LogP contribution is -2.22. The van der Waals surface area contributed by atoms with Crippen molar-refractivity contribution in [2.45, 2.75) is 19.3 Å². The molecule has 0 aliphatic heterocycles. The van der Waals surface area contributed by atoms with Crippen LogP contribution in [0.25, 0.3) is 0 Å². The van der Waals surface area contributed by atoms with Crippen molar-refractivity contribution in [2.24, 2.45) is 17.8 Å². The van der Waals surface area contributed by atoms with E-state index in [4.69, 9.17) is 5.26 Å². The molecular weight excluding hydrogens is 258 g/mol. The minimum atomic E-state index is -0.559. The first-order chi connectivity index (χ1) is 9.58. The third-order valence-corrected chi connectivity index (χ3v) is 4.21. The number of carbonyl (C=O) groups excluding carboxylic acids is 1. The van der Waals surface area contributed by atoms with Gasteiger partial charge in [-0.05, 0) is 37.2 Å². The smallest absolute Gasteiger partial charge is 0.270 e. The molecule has 2 saturated carbocycles. The summed E-state index contributed by atoms with van der Waals surface area (Å²) in [5.41, 5.74) is 0.320. The second-order valence-electron chi connectivity index (χ2n) is 5.51. The molecule has 102 valence electrons. The lowest BCUT2D eigenvalue weighted by molar-refractivity contribution is -0.384. The predicted octanol–water partition coefficient (Wildman–Crippen LogP) is 2.45. The van der Waals surface area contributed by atoms with Crippen LogP contribution in [0.4, 0.5) is 11.4 Å². The van der Waals surface area contributed by atoms with E-state index in [1.54, 1.807) is 0 Å². The molecule has 0 spiro atoms. The predicted molar refractivity (Wildman–Crippen MR) is 70.8 cm³/mol. The number of carbonyl (C=O) groups is 1. The van der Waals surface area contributed by atoms with E-state index in [9.17, 15) is 14.9 Å². The molecule has 2 atom stereocenters. The Bertz CT molecular complexity index is 625. The minimum Gasteiger partial charge on any atom is -0.325 e. The molecule has 0 heterocycles. The van der Waals surface area contributed by atoms with Gasteiger partial charge in [0.25, 0.3) is 5.69 Å². The van der Waals surface area contributed by atoms with E-state index in [2.05, 4.69) is 5.32 Å². The average molecular weight is 271 g/mol. The van der Waals surface area contributed by atoms with Gasteiger partial charge in [-0.15, -0.1) is 0 Å². The summed E-state index contributed by atoms with van der Waals surface area (Å²) in [5.74, 6) is 1.35. The summed E-state index contributed by atoms with van der Waals surface area (Å²) < 4.78 is 0. The van der Waals surface area contributed by atoms with Crippen molar-refractivity contribution in [2.75, 3.05) is 5.32 Å². The van der Waals surface area contributed by atoms with Crippen molar-refractivity contribution in [1.29, 1.82) is 5.26 Å². The fraction of sp³-hybridized carbons (Fsp3) is 0.429. The number of nitrogens with one attached hydrogen (secondary N) is 1. The number of fused-ring (bicyclic) bond motifs is 1. The lowest BCUT2D eigenvalue weighted by atomic mass is 10.0. The van der Waals surface area contributed by atoms with Crippen LogP contribution in [0.15, 0.2) is 18.2 Å². The number of nitro groups is 1. The zero-order valence-electron chi connectivity index (χ0n) is 10.7. The van der Waals surface area contributed by atoms with Gasteiger partial charge in [0.05, 0.1) is 16.2 Å². The maximum atomic E-state index is 12.1. The number of nitro benzene ring substituents is 1. The number of non-ortho nitro benzene ring substituents is 1. The van der Waals surface area contributed by atoms with Gasteiger partial charge in [-0.2, -0.15) is 5.26 Å². The van der Waals surface area contributed by atoms with E-state index in [0.29, 0.717) is 17.5 Å². The largest absolute Gasteiger partial charge is 0.325 e. The standard InChI is InChI=1S/C14H13N3O3/c15-7-11-6-12(17(19)20)1-2-13(11)16-14(18)10-4-8-3-9(8)5-10/h1-2,6,8-10H,3-5H2,(H,16,18). The summed E-state index contributed by atoms with van der Waals surface area (Å²) in [6.07, 6.45) is 3.08. The number of anilines is 1. The molecule has 0 aromatic heterocycles. The van der Waals surface area contributed by atoms with Gasteiger partial charge in [-0.3, -0.25) is 14.9 Å². The Balaban J connectivity index is 1.75. The first kappa shape index (κ1) is 12.6. The van der Waals surface area contributed by atoms with Crippen molar-refractivity contribution < 1.29 is 9.72 Å². The number of hydrogen-bond donors (Lipinski definition) is 1. The van der Waals surface area contributed by atoms with Crippen molar-refractivity contribution in [1.82, 2.24) is 0 Å². The van der Waals surface area contributed by atoms with E-state index < -0.39 is 4.92 Å². The summed E-state index contributed by atoms with van der Waals surface area (Å²) in [6.45, 7) is 0. The summed E-state index contributed by atoms with van der Waals surface area (Å²) in [7, 11) is 0. The van der Waals surface area contributed by atoms with Gasteiger partial charge >= 0.3 is 0 Å². The normalized spacial score (nSPS) is 26.4. The molecule has 3 rings (SSSR count). The molecule has 0 saturated heterocycles. The number of nitriles is 1. The molecule has 2 fully saturated rings. The summed E-state index contributed by atoms with van der Waals surface area (Å²) >= 11 is 0. The monoisotopic (exact) mass is 271 g/mol. The molecule has 1 aromatic carbocycles. The fourth-order valence-corrected chi connectivity index (χ4v) is 3.01. The Morgan fingerprint density at radius 3 is 2.65 bits per heavy atom. The van der Waals surface area contributed by atoms with Gasteiger partial charge in [0.1, 0.15) is 6.07 Å². The Morgan fingerprint density at radius 1 is 1.35 bits per heavy atom. The topological polar surface area (TPSA) is 96.0 Å². The van der Waals surface area contributed by atoms with Gasteiger partial charge in [0.15, 0.2) is 0 Å². The Kier molecular flexibility index (Phi) is 2.90. The first-order valence-corrected chi connectivity index (χ1v) is 6.58. The quantitative estimate of drug-likeness (QED) is 0.674. The van der Waals surface area contributed by atoms with Crippen LogP contribution >= 0.6 is 0 Å². The maximum absolute atomic E-state index is 12.1. The molecule has 6 heteroatoms. The second kappa shape index (κ2) is 4.60. The first-order valence-electron chi connectivity index (χ1n) is 6.58. The zero-order valence-corrected chi connectivity index (χ0v) is 10.7. The van der Waals surface area contributed by atoms with Crippen molar-refractivity contribution >= 4 is 17.3 Å². The molecule has 1 N–H and O–H groups in total. The molecule has 2 unspecified atom stereocenters. The molecule has 20 heavy (non-hydrogen) atoms. The molecule has 0 radical (unpaired) electrons. The number of benzene rings is 1. The van der Waals surface area contributed by atoms with Crippen LogP contribution in [0.3, 0.4) is 0 Å². The zero-order chi connectivity index (χ0) is 14.3. The van der Waals surface area contributed by atoms with Crippen LogP contribution in [0.2, 0.25) is 0 Å². The van der Waals surface area contributed by atoms with Crippen molar-refractivity contribution in [3.05, 3.63) is 33.9 Å². The highest BCUT2D eigenvalue weighted by atomic mass is 16.6. The van der Waals surface area contributed by atoms with Crippen LogP contribution in [-0.2, 0) is 4.79 Å². The summed E-state index contributed by atoms with van der Waals surface area (Å²) in [5, 5.41) is 22.4. The third-order valence-electron chi connectivity index (χ3n) is 4.21. The highest BCUT2D eigenvalue weighted by Gasteiger charge is 2.48. The van der Waals surface area contributed by atoms with Crippen LogP contribution in [-0.4, -0.2) is 10.8 Å². The summed E-state index contributed by atoms with van der Waals surface area (Å²) in [6, 6.07) is 5.78. The minimum absolute atomic E-state index is 0.0143. The van der Waals surface area contributed by atoms with Gasteiger partial charge in [0.2, 0.25) is 5.91 Å². The summed E-state index contributed by atoms with van der Waals surface area (Å²) in [4.78, 5) is 22.2. The van der Waals surface area contributed by atoms with Gasteiger partial charge in [-0.25, -0.2) is 0 Å². The van der Waals surface area contributed by atoms with Gasteiger partial charge in [0, 0.05) is 18.1 Å². The van der Waals surface area contributed by atoms with Crippen LogP contribution in [0.5, 0.6) is 0 Å². The van der Waals surface area contributed by atoms with E-state index >= 15 is 0 Å². The van der Waals surface area contributed by atoms with Crippen molar-refractivity contribution in [3.63, 3.8) is 0 Å². The third kappa shape index (κ3) is 2.23. The lowest BCUT2D eigenvalue weighted by Gasteiger charge is -2.13. The highest BCUT2D eigenvalue weighted by Crippen LogP contribution is 2.54. The Labute approximate surface area is 115 Å². The van der Waals surface area contributed by atoms with Crippen LogP contribution in [0.1, 0.15) is 24.8 Å². The molecule has 1 amide bonds. The van der Waals surface area contributed by atoms with E-state index in [1.807, 2.05) is 6.07 Å². The SMILES string of the molecule is N#Cc1cc([N+](=O)[O-])ccc1NC(=O)C1CC2CC2C1. The Morgan fingerprint density at radius 2 is 2.05 bits per heavy atom. The molecule has 1 aromatic rings. The molecular formula is C14H13N3O3. The van der Waals surface area contributed by atoms with Gasteiger partial charge in [-0.1, -0.05) is 0 Å². The molecule has 2 aliphatic rings. The highest BCUT2D eigenvalue weighted by molar-refractivity contribution is 5.94. The van der Waals surface area contributed by atoms with Crippen molar-refractivity contribution in [3.8, 4) is 6.07 Å². The number of rotatable bonds is 3. The molecule has 2 aliphatic carbocycles.